The van der Waals surface area contributed by atoms with Gasteiger partial charge in [-0.25, -0.2) is 4.98 Å². The van der Waals surface area contributed by atoms with Crippen molar-refractivity contribution >= 4 is 22.9 Å². The van der Waals surface area contributed by atoms with Gasteiger partial charge in [0.1, 0.15) is 11.3 Å². The third-order valence-corrected chi connectivity index (χ3v) is 7.20. The van der Waals surface area contributed by atoms with Crippen molar-refractivity contribution in [2.75, 3.05) is 20.2 Å². The molecule has 1 saturated heterocycles. The fraction of sp³-hybridized carbons (Fsp3) is 0.300. The van der Waals surface area contributed by atoms with Gasteiger partial charge < -0.3 is 19.4 Å². The standard InChI is InChI=1S/C30H31N3O4/c1-20(28(34)31-19-21-7-6-10-25(17-21)36-2)22-13-15-33(16-14-22)30(35)24-11-12-27-26(18-24)32-29(37-27)23-8-4-3-5-9-23/h3-12,17-18,20,22H,13-16,19H2,1-2H3,(H,31,34)/t20-/m0/s1. The molecule has 0 radical (unpaired) electrons. The van der Waals surface area contributed by atoms with E-state index in [9.17, 15) is 9.59 Å². The molecule has 37 heavy (non-hydrogen) atoms. The van der Waals surface area contributed by atoms with Crippen LogP contribution in [-0.4, -0.2) is 41.9 Å². The van der Waals surface area contributed by atoms with Crippen LogP contribution in [0.2, 0.25) is 0 Å². The fourth-order valence-electron chi connectivity index (χ4n) is 4.90. The third-order valence-electron chi connectivity index (χ3n) is 7.20. The van der Waals surface area contributed by atoms with Crippen molar-refractivity contribution in [1.82, 2.24) is 15.2 Å². The largest absolute Gasteiger partial charge is 0.497 e. The molecular weight excluding hydrogens is 466 g/mol. The molecule has 7 heteroatoms. The molecule has 0 spiro atoms. The van der Waals surface area contributed by atoms with E-state index in [-0.39, 0.29) is 23.7 Å². The van der Waals surface area contributed by atoms with E-state index in [0.29, 0.717) is 42.2 Å². The Hall–Kier alpha value is -4.13. The van der Waals surface area contributed by atoms with E-state index >= 15 is 0 Å². The van der Waals surface area contributed by atoms with Crippen LogP contribution in [0.15, 0.2) is 77.2 Å². The van der Waals surface area contributed by atoms with Gasteiger partial charge in [-0.2, -0.15) is 0 Å². The monoisotopic (exact) mass is 497 g/mol. The van der Waals surface area contributed by atoms with Gasteiger partial charge in [-0.1, -0.05) is 37.3 Å². The molecular formula is C30H31N3O4. The first-order valence-electron chi connectivity index (χ1n) is 12.7. The van der Waals surface area contributed by atoms with E-state index in [4.69, 9.17) is 9.15 Å². The number of hydrogen-bond donors (Lipinski definition) is 1. The molecule has 0 bridgehead atoms. The second kappa shape index (κ2) is 10.9. The average molecular weight is 498 g/mol. The Labute approximate surface area is 216 Å². The minimum atomic E-state index is -0.120. The maximum absolute atomic E-state index is 13.2. The number of ether oxygens (including phenoxy) is 1. The lowest BCUT2D eigenvalue weighted by molar-refractivity contribution is -0.126. The molecule has 4 aromatic rings. The van der Waals surface area contributed by atoms with Gasteiger partial charge in [0.25, 0.3) is 5.91 Å². The maximum Gasteiger partial charge on any atom is 0.253 e. The Balaban J connectivity index is 1.16. The molecule has 7 nitrogen and oxygen atoms in total. The van der Waals surface area contributed by atoms with Crippen molar-refractivity contribution in [3.63, 3.8) is 0 Å². The number of nitrogens with one attached hydrogen (secondary N) is 1. The van der Waals surface area contributed by atoms with Gasteiger partial charge in [0.05, 0.1) is 7.11 Å². The van der Waals surface area contributed by atoms with Gasteiger partial charge in [0.15, 0.2) is 5.58 Å². The van der Waals surface area contributed by atoms with Gasteiger partial charge in [-0.15, -0.1) is 0 Å². The third kappa shape index (κ3) is 5.50. The van der Waals surface area contributed by atoms with Crippen LogP contribution in [0.4, 0.5) is 0 Å². The lowest BCUT2D eigenvalue weighted by Crippen LogP contribution is -2.42. The van der Waals surface area contributed by atoms with Crippen molar-refractivity contribution in [1.29, 1.82) is 0 Å². The highest BCUT2D eigenvalue weighted by Crippen LogP contribution is 2.28. The Kier molecular flexibility index (Phi) is 7.21. The summed E-state index contributed by atoms with van der Waals surface area (Å²) in [5.74, 6) is 1.46. The number of carbonyl (C=O) groups excluding carboxylic acids is 2. The van der Waals surface area contributed by atoms with E-state index in [2.05, 4.69) is 10.3 Å². The Bertz CT molecular complexity index is 1390. The van der Waals surface area contributed by atoms with Crippen LogP contribution in [-0.2, 0) is 11.3 Å². The smallest absolute Gasteiger partial charge is 0.253 e. The summed E-state index contributed by atoms with van der Waals surface area (Å²) in [6, 6.07) is 22.8. The Morgan fingerprint density at radius 3 is 2.59 bits per heavy atom. The summed E-state index contributed by atoms with van der Waals surface area (Å²) in [7, 11) is 1.63. The summed E-state index contributed by atoms with van der Waals surface area (Å²) in [5, 5.41) is 3.05. The van der Waals surface area contributed by atoms with E-state index in [1.807, 2.05) is 72.5 Å². The summed E-state index contributed by atoms with van der Waals surface area (Å²) >= 11 is 0. The number of oxazole rings is 1. The molecule has 2 heterocycles. The Morgan fingerprint density at radius 2 is 1.84 bits per heavy atom. The number of methoxy groups -OCH3 is 1. The van der Waals surface area contributed by atoms with Crippen molar-refractivity contribution in [3.05, 3.63) is 83.9 Å². The lowest BCUT2D eigenvalue weighted by Gasteiger charge is -2.34. The van der Waals surface area contributed by atoms with Gasteiger partial charge in [-0.3, -0.25) is 9.59 Å². The number of piperidine rings is 1. The molecule has 3 aromatic carbocycles. The predicted octanol–water partition coefficient (Wildman–Crippen LogP) is 5.31. The molecule has 1 aliphatic heterocycles. The molecule has 0 saturated carbocycles. The highest BCUT2D eigenvalue weighted by Gasteiger charge is 2.30. The van der Waals surface area contributed by atoms with Crippen LogP contribution < -0.4 is 10.1 Å². The zero-order chi connectivity index (χ0) is 25.8. The van der Waals surface area contributed by atoms with Gasteiger partial charge in [0.2, 0.25) is 11.8 Å². The molecule has 1 N–H and O–H groups in total. The topological polar surface area (TPSA) is 84.7 Å². The van der Waals surface area contributed by atoms with E-state index in [1.165, 1.54) is 0 Å². The van der Waals surface area contributed by atoms with Crippen molar-refractivity contribution in [2.45, 2.75) is 26.3 Å². The molecule has 1 aromatic heterocycles. The van der Waals surface area contributed by atoms with E-state index in [0.717, 1.165) is 29.7 Å². The lowest BCUT2D eigenvalue weighted by atomic mass is 9.84. The number of aromatic nitrogens is 1. The Morgan fingerprint density at radius 1 is 1.05 bits per heavy atom. The molecule has 0 unspecified atom stereocenters. The maximum atomic E-state index is 13.2. The quantitative estimate of drug-likeness (QED) is 0.374. The van der Waals surface area contributed by atoms with Gasteiger partial charge >= 0.3 is 0 Å². The highest BCUT2D eigenvalue weighted by molar-refractivity contribution is 5.97. The predicted molar refractivity (Wildman–Crippen MR) is 142 cm³/mol. The zero-order valence-electron chi connectivity index (χ0n) is 21.1. The van der Waals surface area contributed by atoms with Crippen LogP contribution in [0.3, 0.4) is 0 Å². The number of carbonyl (C=O) groups is 2. The average Bonchev–Trinajstić information content (AvgIpc) is 3.39. The first-order chi connectivity index (χ1) is 18.0. The van der Waals surface area contributed by atoms with E-state index in [1.54, 1.807) is 19.2 Å². The summed E-state index contributed by atoms with van der Waals surface area (Å²) in [5.41, 5.74) is 3.82. The first kappa shape index (κ1) is 24.6. The van der Waals surface area contributed by atoms with Crippen molar-refractivity contribution in [2.24, 2.45) is 11.8 Å². The number of likely N-dealkylation sites (tertiary alicyclic amines) is 1. The van der Waals surface area contributed by atoms with Crippen LogP contribution in [0.25, 0.3) is 22.6 Å². The summed E-state index contributed by atoms with van der Waals surface area (Å²) in [6.45, 7) is 3.70. The minimum Gasteiger partial charge on any atom is -0.497 e. The number of fused-ring (bicyclic) bond motifs is 1. The molecule has 0 aliphatic carbocycles. The second-order valence-corrected chi connectivity index (χ2v) is 9.56. The SMILES string of the molecule is COc1cccc(CNC(=O)[C@@H](C)C2CCN(C(=O)c3ccc4oc(-c5ccccc5)nc4c3)CC2)c1. The van der Waals surface area contributed by atoms with Crippen LogP contribution in [0.5, 0.6) is 5.75 Å². The number of benzene rings is 3. The molecule has 1 fully saturated rings. The van der Waals surface area contributed by atoms with Crippen molar-refractivity contribution in [3.8, 4) is 17.2 Å². The highest BCUT2D eigenvalue weighted by atomic mass is 16.5. The van der Waals surface area contributed by atoms with Crippen LogP contribution in [0, 0.1) is 11.8 Å². The zero-order valence-corrected chi connectivity index (χ0v) is 21.1. The second-order valence-electron chi connectivity index (χ2n) is 9.56. The minimum absolute atomic E-state index is 0.0141. The van der Waals surface area contributed by atoms with Crippen LogP contribution in [0.1, 0.15) is 35.7 Å². The molecule has 1 atom stereocenters. The summed E-state index contributed by atoms with van der Waals surface area (Å²) < 4.78 is 11.1. The van der Waals surface area contributed by atoms with Crippen molar-refractivity contribution < 1.29 is 18.7 Å². The molecule has 190 valence electrons. The summed E-state index contributed by atoms with van der Waals surface area (Å²) in [4.78, 5) is 32.5. The number of hydrogen-bond acceptors (Lipinski definition) is 5. The van der Waals surface area contributed by atoms with E-state index < -0.39 is 0 Å². The number of rotatable bonds is 7. The van der Waals surface area contributed by atoms with Crippen LogP contribution >= 0.6 is 0 Å². The molecule has 2 amide bonds. The molecule has 5 rings (SSSR count). The van der Waals surface area contributed by atoms with Gasteiger partial charge in [0, 0.05) is 36.7 Å². The normalized spacial score (nSPS) is 14.9. The first-order valence-corrected chi connectivity index (χ1v) is 12.7. The summed E-state index contributed by atoms with van der Waals surface area (Å²) in [6.07, 6.45) is 1.59. The number of nitrogens with zero attached hydrogens (tertiary/aromatic N) is 2. The van der Waals surface area contributed by atoms with Gasteiger partial charge in [-0.05, 0) is 66.8 Å². The fourth-order valence-corrected chi connectivity index (χ4v) is 4.90. The number of amides is 2. The molecule has 1 aliphatic rings.